The summed E-state index contributed by atoms with van der Waals surface area (Å²) in [4.78, 5) is 24.6. The number of hydrogen-bond acceptors (Lipinski definition) is 3. The monoisotopic (exact) mass is 258 g/mol. The molecule has 1 N–H and O–H groups in total. The van der Waals surface area contributed by atoms with Crippen LogP contribution in [0.4, 0.5) is 0 Å². The van der Waals surface area contributed by atoms with Gasteiger partial charge < -0.3 is 5.32 Å². The standard InChI is InChI=1S/C12H22N2O2S/c1-9-4-3-5-10(2)14(9)8-11(15)13-7-6-12(16)17/h9-10H,3-8H2,1-2H3,(H,13,15)(H,16,17). The molecule has 0 aromatic carbocycles. The first-order valence-electron chi connectivity index (χ1n) is 6.25. The second kappa shape index (κ2) is 7.01. The largest absolute Gasteiger partial charge is 0.355 e. The molecule has 4 nitrogen and oxygen atoms in total. The Morgan fingerprint density at radius 1 is 1.29 bits per heavy atom. The third-order valence-electron chi connectivity index (χ3n) is 3.36. The summed E-state index contributed by atoms with van der Waals surface area (Å²) >= 11 is 3.66. The Balaban J connectivity index is 2.31. The molecule has 0 aliphatic carbocycles. The summed E-state index contributed by atoms with van der Waals surface area (Å²) in [5, 5.41) is 2.56. The van der Waals surface area contributed by atoms with Crippen LogP contribution in [0.2, 0.25) is 0 Å². The number of carbonyl (C=O) groups is 2. The van der Waals surface area contributed by atoms with Crippen LogP contribution in [0.5, 0.6) is 0 Å². The lowest BCUT2D eigenvalue weighted by Crippen LogP contribution is -2.48. The molecule has 1 fully saturated rings. The fraction of sp³-hybridized carbons (Fsp3) is 0.833. The summed E-state index contributed by atoms with van der Waals surface area (Å²) in [5.74, 6) is 0.000170. The Morgan fingerprint density at radius 3 is 2.41 bits per heavy atom. The lowest BCUT2D eigenvalue weighted by molar-refractivity contribution is -0.123. The molecule has 0 saturated carbocycles. The van der Waals surface area contributed by atoms with Crippen LogP contribution in [0.1, 0.15) is 39.5 Å². The number of thiol groups is 1. The number of hydrogen-bond donors (Lipinski definition) is 2. The molecular formula is C12H22N2O2S. The van der Waals surface area contributed by atoms with Gasteiger partial charge in [-0.1, -0.05) is 6.42 Å². The fourth-order valence-electron chi connectivity index (χ4n) is 2.32. The minimum Gasteiger partial charge on any atom is -0.355 e. The summed E-state index contributed by atoms with van der Waals surface area (Å²) in [6, 6.07) is 0.937. The Bertz CT molecular complexity index is 274. The smallest absolute Gasteiger partial charge is 0.234 e. The third kappa shape index (κ3) is 5.08. The van der Waals surface area contributed by atoms with Crippen molar-refractivity contribution in [3.05, 3.63) is 0 Å². The van der Waals surface area contributed by atoms with E-state index in [1.807, 2.05) is 0 Å². The van der Waals surface area contributed by atoms with Gasteiger partial charge in [-0.15, -0.1) is 12.6 Å². The molecular weight excluding hydrogens is 236 g/mol. The molecule has 0 bridgehead atoms. The van der Waals surface area contributed by atoms with E-state index in [0.29, 0.717) is 31.6 Å². The minimum absolute atomic E-state index is 0.000170. The predicted molar refractivity (Wildman–Crippen MR) is 71.1 cm³/mol. The first-order chi connectivity index (χ1) is 8.00. The number of amides is 1. The van der Waals surface area contributed by atoms with Crippen molar-refractivity contribution < 1.29 is 9.59 Å². The average molecular weight is 258 g/mol. The van der Waals surface area contributed by atoms with Crippen molar-refractivity contribution in [3.8, 4) is 0 Å². The fourth-order valence-corrected chi connectivity index (χ4v) is 2.43. The molecule has 1 saturated heterocycles. The molecule has 2 atom stereocenters. The summed E-state index contributed by atoms with van der Waals surface area (Å²) in [6.45, 7) is 5.15. The minimum atomic E-state index is -0.190. The second-order valence-corrected chi connectivity index (χ2v) is 5.29. The van der Waals surface area contributed by atoms with Crippen LogP contribution in [0.3, 0.4) is 0 Å². The summed E-state index contributed by atoms with van der Waals surface area (Å²) in [6.07, 6.45) is 3.86. The highest BCUT2D eigenvalue weighted by molar-refractivity contribution is 7.96. The Morgan fingerprint density at radius 2 is 1.88 bits per heavy atom. The zero-order valence-electron chi connectivity index (χ0n) is 10.6. The van der Waals surface area contributed by atoms with Crippen molar-refractivity contribution in [1.82, 2.24) is 10.2 Å². The predicted octanol–water partition coefficient (Wildman–Crippen LogP) is 1.21. The number of nitrogens with one attached hydrogen (secondary N) is 1. The SMILES string of the molecule is CC1CCCC(C)N1CC(=O)NCCC(=O)S. The molecule has 1 amide bonds. The van der Waals surface area contributed by atoms with E-state index in [2.05, 4.69) is 36.7 Å². The van der Waals surface area contributed by atoms with Gasteiger partial charge in [-0.3, -0.25) is 14.5 Å². The third-order valence-corrected chi connectivity index (χ3v) is 3.59. The van der Waals surface area contributed by atoms with Gasteiger partial charge in [-0.05, 0) is 26.7 Å². The van der Waals surface area contributed by atoms with Crippen molar-refractivity contribution >= 4 is 23.7 Å². The van der Waals surface area contributed by atoms with E-state index in [-0.39, 0.29) is 11.0 Å². The van der Waals surface area contributed by atoms with Gasteiger partial charge in [0.15, 0.2) is 5.12 Å². The molecule has 0 radical (unpaired) electrons. The van der Waals surface area contributed by atoms with E-state index in [1.165, 1.54) is 6.42 Å². The van der Waals surface area contributed by atoms with E-state index in [4.69, 9.17) is 0 Å². The second-order valence-electron chi connectivity index (χ2n) is 4.79. The Hall–Kier alpha value is -0.550. The van der Waals surface area contributed by atoms with E-state index in [1.54, 1.807) is 0 Å². The average Bonchev–Trinajstić information content (AvgIpc) is 2.23. The molecule has 98 valence electrons. The highest BCUT2D eigenvalue weighted by atomic mass is 32.1. The Labute approximate surface area is 109 Å². The lowest BCUT2D eigenvalue weighted by atomic mass is 9.97. The molecule has 1 rings (SSSR count). The molecule has 0 aromatic heterocycles. The molecule has 17 heavy (non-hydrogen) atoms. The molecule has 5 heteroatoms. The number of rotatable bonds is 5. The van der Waals surface area contributed by atoms with E-state index in [0.717, 1.165) is 12.8 Å². The highest BCUT2D eigenvalue weighted by Crippen LogP contribution is 2.21. The van der Waals surface area contributed by atoms with Crippen molar-refractivity contribution in [2.24, 2.45) is 0 Å². The van der Waals surface area contributed by atoms with E-state index < -0.39 is 0 Å². The molecule has 1 aliphatic heterocycles. The quantitative estimate of drug-likeness (QED) is 0.729. The normalized spacial score (nSPS) is 25.6. The van der Waals surface area contributed by atoms with Gasteiger partial charge in [-0.2, -0.15) is 0 Å². The number of nitrogens with zero attached hydrogens (tertiary/aromatic N) is 1. The van der Waals surface area contributed by atoms with Crippen LogP contribution < -0.4 is 5.32 Å². The van der Waals surface area contributed by atoms with Gasteiger partial charge in [-0.25, -0.2) is 0 Å². The number of likely N-dealkylation sites (tertiary alicyclic amines) is 1. The van der Waals surface area contributed by atoms with Crippen LogP contribution in [0.25, 0.3) is 0 Å². The molecule has 0 spiro atoms. The van der Waals surface area contributed by atoms with Crippen molar-refractivity contribution in [2.75, 3.05) is 13.1 Å². The number of carbonyl (C=O) groups excluding carboxylic acids is 2. The zero-order valence-corrected chi connectivity index (χ0v) is 11.5. The molecule has 0 aromatic rings. The van der Waals surface area contributed by atoms with Crippen LogP contribution >= 0.6 is 12.6 Å². The maximum atomic E-state index is 11.7. The lowest BCUT2D eigenvalue weighted by Gasteiger charge is -2.38. The van der Waals surface area contributed by atoms with Gasteiger partial charge >= 0.3 is 0 Å². The highest BCUT2D eigenvalue weighted by Gasteiger charge is 2.26. The summed E-state index contributed by atoms with van der Waals surface area (Å²) in [7, 11) is 0. The van der Waals surface area contributed by atoms with Gasteiger partial charge in [0.25, 0.3) is 0 Å². The topological polar surface area (TPSA) is 49.4 Å². The van der Waals surface area contributed by atoms with Gasteiger partial charge in [0.2, 0.25) is 5.91 Å². The van der Waals surface area contributed by atoms with Crippen molar-refractivity contribution in [1.29, 1.82) is 0 Å². The van der Waals surface area contributed by atoms with Crippen LogP contribution in [-0.4, -0.2) is 41.1 Å². The van der Waals surface area contributed by atoms with Crippen LogP contribution in [0, 0.1) is 0 Å². The van der Waals surface area contributed by atoms with Gasteiger partial charge in [0.05, 0.1) is 6.54 Å². The molecule has 1 heterocycles. The van der Waals surface area contributed by atoms with Gasteiger partial charge in [0, 0.05) is 25.0 Å². The van der Waals surface area contributed by atoms with E-state index in [9.17, 15) is 9.59 Å². The van der Waals surface area contributed by atoms with E-state index >= 15 is 0 Å². The zero-order chi connectivity index (χ0) is 12.8. The number of piperidine rings is 1. The maximum Gasteiger partial charge on any atom is 0.234 e. The maximum absolute atomic E-state index is 11.7. The van der Waals surface area contributed by atoms with Crippen molar-refractivity contribution in [2.45, 2.75) is 51.6 Å². The van der Waals surface area contributed by atoms with Crippen molar-refractivity contribution in [3.63, 3.8) is 0 Å². The summed E-state index contributed by atoms with van der Waals surface area (Å²) in [5.41, 5.74) is 0. The summed E-state index contributed by atoms with van der Waals surface area (Å²) < 4.78 is 0. The van der Waals surface area contributed by atoms with Gasteiger partial charge in [0.1, 0.15) is 0 Å². The van der Waals surface area contributed by atoms with Crippen LogP contribution in [0.15, 0.2) is 0 Å². The molecule has 1 aliphatic rings. The van der Waals surface area contributed by atoms with Crippen LogP contribution in [-0.2, 0) is 9.59 Å². The Kier molecular flexibility index (Phi) is 5.98. The first kappa shape index (κ1) is 14.5. The molecule has 2 unspecified atom stereocenters. The first-order valence-corrected chi connectivity index (χ1v) is 6.69.